The van der Waals surface area contributed by atoms with E-state index in [4.69, 9.17) is 34.8 Å². The molecule has 0 aliphatic rings. The first kappa shape index (κ1) is 20.4. The standard InChI is InChI=1S/C15H12Cl3N3O4S/c1-8-3-4-10(7-13(8)21(22)23)26(24,25)20-19-9(2)11-5-6-12(16)15(18)14(11)17/h3-7,20H,1-2H3/b19-9+. The maximum atomic E-state index is 12.3. The maximum Gasteiger partial charge on any atom is 0.276 e. The minimum atomic E-state index is -4.11. The van der Waals surface area contributed by atoms with Crippen molar-refractivity contribution >= 4 is 56.2 Å². The van der Waals surface area contributed by atoms with Crippen molar-refractivity contribution in [3.63, 3.8) is 0 Å². The molecule has 2 aromatic rings. The van der Waals surface area contributed by atoms with Gasteiger partial charge in [0.2, 0.25) is 0 Å². The van der Waals surface area contributed by atoms with Crippen LogP contribution in [-0.4, -0.2) is 19.1 Å². The number of hydrogen-bond acceptors (Lipinski definition) is 5. The molecule has 0 radical (unpaired) electrons. The topological polar surface area (TPSA) is 102 Å². The SMILES string of the molecule is C/C(=N\NS(=O)(=O)c1ccc(C)c([N+](=O)[O-])c1)c1ccc(Cl)c(Cl)c1Cl. The molecular weight excluding hydrogens is 425 g/mol. The summed E-state index contributed by atoms with van der Waals surface area (Å²) in [5.74, 6) is 0. The molecule has 138 valence electrons. The first-order valence-corrected chi connectivity index (χ1v) is 9.61. The molecule has 0 amide bonds. The van der Waals surface area contributed by atoms with Crippen LogP contribution in [0.1, 0.15) is 18.1 Å². The van der Waals surface area contributed by atoms with Gasteiger partial charge in [-0.15, -0.1) is 0 Å². The summed E-state index contributed by atoms with van der Waals surface area (Å²) < 4.78 is 24.7. The molecule has 0 saturated heterocycles. The predicted octanol–water partition coefficient (Wildman–Crippen LogP) is 4.57. The number of nitro groups is 1. The van der Waals surface area contributed by atoms with Gasteiger partial charge in [-0.1, -0.05) is 46.9 Å². The third kappa shape index (κ3) is 4.27. The number of aryl methyl sites for hydroxylation is 1. The zero-order valence-corrected chi connectivity index (χ0v) is 16.5. The zero-order chi connectivity index (χ0) is 19.6. The van der Waals surface area contributed by atoms with E-state index in [1.807, 2.05) is 4.83 Å². The van der Waals surface area contributed by atoms with Crippen LogP contribution in [-0.2, 0) is 10.0 Å². The lowest BCUT2D eigenvalue weighted by atomic mass is 10.1. The van der Waals surface area contributed by atoms with Crippen molar-refractivity contribution in [2.24, 2.45) is 5.10 Å². The van der Waals surface area contributed by atoms with Crippen LogP contribution in [0.3, 0.4) is 0 Å². The van der Waals surface area contributed by atoms with Gasteiger partial charge in [-0.25, -0.2) is 0 Å². The Morgan fingerprint density at radius 1 is 1.15 bits per heavy atom. The second-order valence-corrected chi connectivity index (χ2v) is 8.04. The molecule has 0 aromatic heterocycles. The van der Waals surface area contributed by atoms with Crippen LogP contribution in [0.15, 0.2) is 40.3 Å². The van der Waals surface area contributed by atoms with Crippen molar-refractivity contribution < 1.29 is 13.3 Å². The summed E-state index contributed by atoms with van der Waals surface area (Å²) in [4.78, 5) is 12.1. The lowest BCUT2D eigenvalue weighted by Crippen LogP contribution is -2.20. The summed E-state index contributed by atoms with van der Waals surface area (Å²) in [6, 6.07) is 6.61. The van der Waals surface area contributed by atoms with Crippen molar-refractivity contribution in [1.29, 1.82) is 0 Å². The van der Waals surface area contributed by atoms with Gasteiger partial charge in [-0.3, -0.25) is 10.1 Å². The van der Waals surface area contributed by atoms with Gasteiger partial charge in [0.1, 0.15) is 0 Å². The molecule has 0 aliphatic carbocycles. The van der Waals surface area contributed by atoms with Gasteiger partial charge < -0.3 is 0 Å². The van der Waals surface area contributed by atoms with E-state index in [2.05, 4.69) is 5.10 Å². The largest absolute Gasteiger partial charge is 0.276 e. The fraction of sp³-hybridized carbons (Fsp3) is 0.133. The summed E-state index contributed by atoms with van der Waals surface area (Å²) in [6.07, 6.45) is 0. The fourth-order valence-electron chi connectivity index (χ4n) is 2.00. The molecule has 0 atom stereocenters. The van der Waals surface area contributed by atoms with E-state index >= 15 is 0 Å². The lowest BCUT2D eigenvalue weighted by Gasteiger charge is -2.09. The number of sulfonamides is 1. The molecule has 0 unspecified atom stereocenters. The molecule has 26 heavy (non-hydrogen) atoms. The van der Waals surface area contributed by atoms with Gasteiger partial charge in [0.25, 0.3) is 15.7 Å². The molecule has 11 heteroatoms. The highest BCUT2D eigenvalue weighted by Crippen LogP contribution is 2.33. The Hall–Kier alpha value is -1.87. The molecule has 0 fully saturated rings. The fourth-order valence-corrected chi connectivity index (χ4v) is 3.55. The molecule has 1 N–H and O–H groups in total. The second kappa shape index (κ2) is 7.79. The third-order valence-electron chi connectivity index (χ3n) is 3.45. The second-order valence-electron chi connectivity index (χ2n) is 5.22. The smallest absolute Gasteiger partial charge is 0.258 e. The summed E-state index contributed by atoms with van der Waals surface area (Å²) in [5, 5.41) is 15.3. The molecule has 0 spiro atoms. The summed E-state index contributed by atoms with van der Waals surface area (Å²) in [6.45, 7) is 3.03. The van der Waals surface area contributed by atoms with E-state index in [0.717, 1.165) is 6.07 Å². The average molecular weight is 437 g/mol. The van der Waals surface area contributed by atoms with E-state index in [1.54, 1.807) is 6.07 Å². The molecule has 7 nitrogen and oxygen atoms in total. The number of nitrogens with zero attached hydrogens (tertiary/aromatic N) is 2. The van der Waals surface area contributed by atoms with Gasteiger partial charge in [0.15, 0.2) is 0 Å². The molecule has 0 saturated carbocycles. The van der Waals surface area contributed by atoms with Gasteiger partial charge in [0.05, 0.1) is 30.6 Å². The Morgan fingerprint density at radius 2 is 1.81 bits per heavy atom. The molecular formula is C15H12Cl3N3O4S. The van der Waals surface area contributed by atoms with Crippen molar-refractivity contribution in [2.75, 3.05) is 0 Å². The highest BCUT2D eigenvalue weighted by Gasteiger charge is 2.20. The third-order valence-corrected chi connectivity index (χ3v) is 5.95. The minimum absolute atomic E-state index is 0.123. The Labute approximate surface area is 164 Å². The average Bonchev–Trinajstić information content (AvgIpc) is 2.57. The first-order valence-electron chi connectivity index (χ1n) is 6.99. The van der Waals surface area contributed by atoms with Crippen molar-refractivity contribution in [3.05, 3.63) is 66.6 Å². The number of nitro benzene ring substituents is 1. The number of rotatable bonds is 5. The number of hydrogen-bond donors (Lipinski definition) is 1. The molecule has 0 bridgehead atoms. The maximum absolute atomic E-state index is 12.3. The molecule has 0 heterocycles. The van der Waals surface area contributed by atoms with Crippen LogP contribution in [0.4, 0.5) is 5.69 Å². The number of nitrogens with one attached hydrogen (secondary N) is 1. The number of benzene rings is 2. The van der Waals surface area contributed by atoms with E-state index < -0.39 is 14.9 Å². The number of hydrazone groups is 1. The highest BCUT2D eigenvalue weighted by molar-refractivity contribution is 7.89. The van der Waals surface area contributed by atoms with Gasteiger partial charge in [-0.2, -0.15) is 18.4 Å². The summed E-state index contributed by atoms with van der Waals surface area (Å²) in [5.41, 5.74) is 0.662. The monoisotopic (exact) mass is 435 g/mol. The quantitative estimate of drug-likeness (QED) is 0.321. The van der Waals surface area contributed by atoms with Crippen LogP contribution in [0.5, 0.6) is 0 Å². The van der Waals surface area contributed by atoms with Crippen molar-refractivity contribution in [1.82, 2.24) is 4.83 Å². The van der Waals surface area contributed by atoms with Crippen molar-refractivity contribution in [2.45, 2.75) is 18.7 Å². The van der Waals surface area contributed by atoms with Gasteiger partial charge in [-0.05, 0) is 26.0 Å². The van der Waals surface area contributed by atoms with Gasteiger partial charge >= 0.3 is 0 Å². The van der Waals surface area contributed by atoms with E-state index in [-0.39, 0.29) is 31.4 Å². The highest BCUT2D eigenvalue weighted by atomic mass is 35.5. The summed E-state index contributed by atoms with van der Waals surface area (Å²) in [7, 11) is -4.11. The first-order chi connectivity index (χ1) is 12.0. The Bertz CT molecular complexity index is 1020. The molecule has 2 aromatic carbocycles. The lowest BCUT2D eigenvalue weighted by molar-refractivity contribution is -0.385. The number of halogens is 3. The minimum Gasteiger partial charge on any atom is -0.258 e. The van der Waals surface area contributed by atoms with Crippen LogP contribution >= 0.6 is 34.8 Å². The van der Waals surface area contributed by atoms with Crippen LogP contribution in [0, 0.1) is 17.0 Å². The summed E-state index contributed by atoms with van der Waals surface area (Å²) >= 11 is 17.9. The normalized spacial score (nSPS) is 12.1. The van der Waals surface area contributed by atoms with Crippen LogP contribution in [0.2, 0.25) is 15.1 Å². The van der Waals surface area contributed by atoms with Crippen LogP contribution < -0.4 is 4.83 Å². The Morgan fingerprint density at radius 3 is 2.42 bits per heavy atom. The van der Waals surface area contributed by atoms with E-state index in [9.17, 15) is 18.5 Å². The van der Waals surface area contributed by atoms with Gasteiger partial charge in [0, 0.05) is 17.2 Å². The van der Waals surface area contributed by atoms with Crippen LogP contribution in [0.25, 0.3) is 0 Å². The van der Waals surface area contributed by atoms with Crippen molar-refractivity contribution in [3.8, 4) is 0 Å². The predicted molar refractivity (Wildman–Crippen MR) is 102 cm³/mol. The van der Waals surface area contributed by atoms with E-state index in [1.165, 1.54) is 32.0 Å². The Balaban J connectivity index is 2.36. The molecule has 0 aliphatic heterocycles. The molecule has 2 rings (SSSR count). The van der Waals surface area contributed by atoms with E-state index in [0.29, 0.717) is 11.1 Å². The zero-order valence-electron chi connectivity index (χ0n) is 13.5. The Kier molecular flexibility index (Phi) is 6.13.